The first-order valence-corrected chi connectivity index (χ1v) is 11.2. The average molecular weight is 377 g/mol. The molecule has 0 radical (unpaired) electrons. The van der Waals surface area contributed by atoms with Gasteiger partial charge in [0, 0.05) is 27.2 Å². The van der Waals surface area contributed by atoms with E-state index < -0.39 is 20.0 Å². The Morgan fingerprint density at radius 1 is 0.875 bits per heavy atom. The molecule has 0 heterocycles. The molecule has 0 atom stereocenters. The first kappa shape index (κ1) is 21.1. The quantitative estimate of drug-likeness (QED) is 0.625. The summed E-state index contributed by atoms with van der Waals surface area (Å²) in [5, 5.41) is 0. The number of sulfonamides is 2. The summed E-state index contributed by atoms with van der Waals surface area (Å²) >= 11 is 0. The fraction of sp³-hybridized carbons (Fsp3) is 0.625. The van der Waals surface area contributed by atoms with Gasteiger partial charge in [-0.1, -0.05) is 26.0 Å². The summed E-state index contributed by atoms with van der Waals surface area (Å²) in [6.07, 6.45) is 1.95. The molecule has 0 saturated carbocycles. The molecule has 0 aliphatic heterocycles. The topological polar surface area (TPSA) is 74.8 Å². The summed E-state index contributed by atoms with van der Waals surface area (Å²) in [5.74, 6) is 0.0345. The van der Waals surface area contributed by atoms with Gasteiger partial charge in [-0.25, -0.2) is 25.4 Å². The van der Waals surface area contributed by atoms with Crippen molar-refractivity contribution in [1.29, 1.82) is 0 Å². The highest BCUT2D eigenvalue weighted by Gasteiger charge is 2.21. The van der Waals surface area contributed by atoms with E-state index >= 15 is 0 Å². The van der Waals surface area contributed by atoms with Gasteiger partial charge in [-0.3, -0.25) is 0 Å². The van der Waals surface area contributed by atoms with Crippen molar-refractivity contribution in [3.05, 3.63) is 29.8 Å². The first-order valence-electron chi connectivity index (χ1n) is 8.14. The van der Waals surface area contributed by atoms with Crippen molar-refractivity contribution in [2.45, 2.75) is 38.0 Å². The molecule has 0 spiro atoms. The first-order chi connectivity index (χ1) is 11.1. The Morgan fingerprint density at radius 2 is 1.38 bits per heavy atom. The summed E-state index contributed by atoms with van der Waals surface area (Å²) in [7, 11) is -3.79. The lowest BCUT2D eigenvalue weighted by atomic mass is 10.2. The van der Waals surface area contributed by atoms with Crippen LogP contribution in [0.25, 0.3) is 0 Å². The minimum Gasteiger partial charge on any atom is -0.212 e. The fourth-order valence-corrected chi connectivity index (χ4v) is 4.88. The van der Waals surface area contributed by atoms with E-state index in [2.05, 4.69) is 0 Å². The molecular formula is C16H28N2O4S2. The molecule has 0 amide bonds. The average Bonchev–Trinajstić information content (AvgIpc) is 2.53. The van der Waals surface area contributed by atoms with Gasteiger partial charge < -0.3 is 0 Å². The van der Waals surface area contributed by atoms with E-state index in [4.69, 9.17) is 0 Å². The second kappa shape index (κ2) is 8.94. The summed E-state index contributed by atoms with van der Waals surface area (Å²) < 4.78 is 51.6. The Hall–Kier alpha value is -0.960. The Morgan fingerprint density at radius 3 is 1.79 bits per heavy atom. The maximum Gasteiger partial charge on any atom is 0.242 e. The van der Waals surface area contributed by atoms with Gasteiger partial charge in [0.1, 0.15) is 0 Å². The molecule has 0 bridgehead atoms. The van der Waals surface area contributed by atoms with Crippen LogP contribution >= 0.6 is 0 Å². The maximum atomic E-state index is 12.4. The van der Waals surface area contributed by atoms with Crippen LogP contribution in [0.2, 0.25) is 0 Å². The van der Waals surface area contributed by atoms with Crippen LogP contribution in [0.1, 0.15) is 32.3 Å². The second-order valence-corrected chi connectivity index (χ2v) is 10.1. The van der Waals surface area contributed by atoms with Crippen LogP contribution in [0.3, 0.4) is 0 Å². The molecule has 138 valence electrons. The molecule has 1 rings (SSSR count). The number of aryl methyl sites for hydroxylation is 1. The monoisotopic (exact) mass is 376 g/mol. The van der Waals surface area contributed by atoms with Crippen molar-refractivity contribution in [3.8, 4) is 0 Å². The molecule has 0 unspecified atom stereocenters. The SMILES string of the molecule is CCCN(CCC)S(=O)(=O)CCc1ccc(S(=O)(=O)N(C)C)cc1. The van der Waals surface area contributed by atoms with Gasteiger partial charge in [0.05, 0.1) is 10.6 Å². The molecule has 0 fully saturated rings. The van der Waals surface area contributed by atoms with E-state index in [1.54, 1.807) is 12.1 Å². The highest BCUT2D eigenvalue weighted by atomic mass is 32.2. The Bertz CT molecular complexity index is 705. The number of hydrogen-bond donors (Lipinski definition) is 0. The Balaban J connectivity index is 2.81. The van der Waals surface area contributed by atoms with Crippen molar-refractivity contribution in [2.75, 3.05) is 32.9 Å². The molecule has 1 aromatic rings. The summed E-state index contributed by atoms with van der Waals surface area (Å²) in [6, 6.07) is 6.39. The molecule has 0 aromatic heterocycles. The largest absolute Gasteiger partial charge is 0.242 e. The third-order valence-corrected chi connectivity index (χ3v) is 7.39. The Kier molecular flexibility index (Phi) is 7.85. The third kappa shape index (κ3) is 5.54. The van der Waals surface area contributed by atoms with E-state index in [1.807, 2.05) is 13.8 Å². The van der Waals surface area contributed by atoms with E-state index in [9.17, 15) is 16.8 Å². The van der Waals surface area contributed by atoms with Crippen LogP contribution in [-0.2, 0) is 26.5 Å². The minimum atomic E-state index is -3.46. The molecule has 0 N–H and O–H groups in total. The van der Waals surface area contributed by atoms with Gasteiger partial charge in [0.15, 0.2) is 0 Å². The number of hydrogen-bond acceptors (Lipinski definition) is 4. The second-order valence-electron chi connectivity index (χ2n) is 5.90. The molecule has 0 saturated heterocycles. The number of rotatable bonds is 10. The highest BCUT2D eigenvalue weighted by molar-refractivity contribution is 7.89. The van der Waals surface area contributed by atoms with Crippen LogP contribution in [0.5, 0.6) is 0 Å². The smallest absolute Gasteiger partial charge is 0.212 e. The van der Waals surface area contributed by atoms with Crippen LogP contribution in [0.15, 0.2) is 29.2 Å². The predicted molar refractivity (Wildman–Crippen MR) is 97.0 cm³/mol. The summed E-state index contributed by atoms with van der Waals surface area (Å²) in [5.41, 5.74) is 0.809. The van der Waals surface area contributed by atoms with Gasteiger partial charge in [-0.05, 0) is 37.0 Å². The van der Waals surface area contributed by atoms with Crippen molar-refractivity contribution in [3.63, 3.8) is 0 Å². The van der Waals surface area contributed by atoms with Gasteiger partial charge in [-0.15, -0.1) is 0 Å². The normalized spacial score (nSPS) is 12.9. The molecular weight excluding hydrogens is 348 g/mol. The van der Waals surface area contributed by atoms with Crippen molar-refractivity contribution in [2.24, 2.45) is 0 Å². The highest BCUT2D eigenvalue weighted by Crippen LogP contribution is 2.15. The molecule has 8 heteroatoms. The Labute approximate surface area is 146 Å². The molecule has 24 heavy (non-hydrogen) atoms. The minimum absolute atomic E-state index is 0.0345. The van der Waals surface area contributed by atoms with Crippen LogP contribution in [-0.4, -0.2) is 58.4 Å². The number of benzene rings is 1. The molecule has 0 aliphatic carbocycles. The lowest BCUT2D eigenvalue weighted by molar-refractivity contribution is 0.410. The van der Waals surface area contributed by atoms with Crippen molar-refractivity contribution >= 4 is 20.0 Å². The van der Waals surface area contributed by atoms with Crippen LogP contribution < -0.4 is 0 Å². The van der Waals surface area contributed by atoms with E-state index in [0.29, 0.717) is 19.5 Å². The van der Waals surface area contributed by atoms with Gasteiger partial charge in [0.2, 0.25) is 20.0 Å². The number of nitrogens with zero attached hydrogens (tertiary/aromatic N) is 2. The zero-order valence-electron chi connectivity index (χ0n) is 14.9. The molecule has 6 nitrogen and oxygen atoms in total. The van der Waals surface area contributed by atoms with E-state index in [-0.39, 0.29) is 10.6 Å². The maximum absolute atomic E-state index is 12.4. The zero-order chi connectivity index (χ0) is 18.4. The lowest BCUT2D eigenvalue weighted by Gasteiger charge is -2.21. The van der Waals surface area contributed by atoms with Crippen molar-refractivity contribution in [1.82, 2.24) is 8.61 Å². The zero-order valence-corrected chi connectivity index (χ0v) is 16.5. The van der Waals surface area contributed by atoms with Crippen LogP contribution in [0, 0.1) is 0 Å². The van der Waals surface area contributed by atoms with E-state index in [1.165, 1.54) is 30.5 Å². The van der Waals surface area contributed by atoms with E-state index in [0.717, 1.165) is 22.7 Å². The van der Waals surface area contributed by atoms with Crippen LogP contribution in [0.4, 0.5) is 0 Å². The summed E-state index contributed by atoms with van der Waals surface area (Å²) in [4.78, 5) is 0.206. The lowest BCUT2D eigenvalue weighted by Crippen LogP contribution is -2.35. The standard InChI is InChI=1S/C16H28N2O4S2/c1-5-12-18(13-6-2)23(19,20)14-11-15-7-9-16(10-8-15)24(21,22)17(3)4/h7-10H,5-6,11-14H2,1-4H3. The third-order valence-electron chi connectivity index (χ3n) is 3.69. The van der Waals surface area contributed by atoms with Gasteiger partial charge >= 0.3 is 0 Å². The molecule has 1 aromatic carbocycles. The fourth-order valence-electron chi connectivity index (χ4n) is 2.30. The molecule has 0 aliphatic rings. The van der Waals surface area contributed by atoms with Crippen molar-refractivity contribution < 1.29 is 16.8 Å². The van der Waals surface area contributed by atoms with Gasteiger partial charge in [-0.2, -0.15) is 0 Å². The summed E-state index contributed by atoms with van der Waals surface area (Å²) in [6.45, 7) is 5.00. The van der Waals surface area contributed by atoms with Gasteiger partial charge in [0.25, 0.3) is 0 Å². The predicted octanol–water partition coefficient (Wildman–Crippen LogP) is 1.93.